The van der Waals surface area contributed by atoms with Gasteiger partial charge < -0.3 is 10.6 Å². The van der Waals surface area contributed by atoms with E-state index in [0.717, 1.165) is 16.7 Å². The van der Waals surface area contributed by atoms with Crippen LogP contribution in [0.2, 0.25) is 0 Å². The molecule has 3 rings (SSSR count). The molecule has 1 atom stereocenters. The van der Waals surface area contributed by atoms with Gasteiger partial charge in [0.2, 0.25) is 0 Å². The van der Waals surface area contributed by atoms with Crippen LogP contribution in [0.3, 0.4) is 0 Å². The molecular formula is C20H21N3O2. The molecule has 0 saturated heterocycles. The van der Waals surface area contributed by atoms with E-state index >= 15 is 0 Å². The Hall–Kier alpha value is -2.79. The topological polar surface area (TPSA) is 75.8 Å². The summed E-state index contributed by atoms with van der Waals surface area (Å²) in [6, 6.07) is 13.1. The van der Waals surface area contributed by atoms with E-state index in [4.69, 9.17) is 5.73 Å². The number of amides is 1. The Balaban J connectivity index is 2.06. The number of carbonyl (C=O) groups excluding carboxylic acids is 2. The van der Waals surface area contributed by atoms with Gasteiger partial charge in [0.05, 0.1) is 12.2 Å². The molecule has 0 aromatic heterocycles. The Morgan fingerprint density at radius 3 is 2.48 bits per heavy atom. The summed E-state index contributed by atoms with van der Waals surface area (Å²) in [4.78, 5) is 31.4. The molecule has 0 saturated carbocycles. The number of aryl methyl sites for hydroxylation is 2. The highest BCUT2D eigenvalue weighted by Gasteiger charge is 2.31. The van der Waals surface area contributed by atoms with Crippen molar-refractivity contribution in [2.75, 3.05) is 11.4 Å². The van der Waals surface area contributed by atoms with Crippen LogP contribution in [-0.2, 0) is 4.79 Å². The zero-order chi connectivity index (χ0) is 18.1. The first-order valence-electron chi connectivity index (χ1n) is 8.20. The molecule has 2 aromatic carbocycles. The molecule has 1 aliphatic rings. The minimum atomic E-state index is -1.00. The van der Waals surface area contributed by atoms with Crippen molar-refractivity contribution in [2.45, 2.75) is 26.9 Å². The fourth-order valence-corrected chi connectivity index (χ4v) is 3.18. The normalized spacial score (nSPS) is 17.0. The molecule has 1 heterocycles. The van der Waals surface area contributed by atoms with Crippen molar-refractivity contribution in [1.82, 2.24) is 0 Å². The maximum atomic E-state index is 12.8. The van der Waals surface area contributed by atoms with Crippen molar-refractivity contribution in [3.8, 4) is 0 Å². The third-order valence-electron chi connectivity index (χ3n) is 4.50. The summed E-state index contributed by atoms with van der Waals surface area (Å²) in [6.07, 6.45) is -1.00. The smallest absolute Gasteiger partial charge is 0.266 e. The number of hydrogen-bond donors (Lipinski definition) is 1. The zero-order valence-corrected chi connectivity index (χ0v) is 14.6. The number of rotatable bonds is 3. The van der Waals surface area contributed by atoms with Crippen LogP contribution in [0.1, 0.15) is 34.0 Å². The molecule has 1 aliphatic heterocycles. The van der Waals surface area contributed by atoms with Crippen LogP contribution in [0.5, 0.6) is 0 Å². The number of anilines is 1. The van der Waals surface area contributed by atoms with Crippen LogP contribution in [0.15, 0.2) is 47.5 Å². The Morgan fingerprint density at radius 1 is 1.08 bits per heavy atom. The fraction of sp³-hybridized carbons (Fsp3) is 0.250. The van der Waals surface area contributed by atoms with Crippen molar-refractivity contribution in [3.05, 3.63) is 64.7 Å². The van der Waals surface area contributed by atoms with Crippen molar-refractivity contribution in [1.29, 1.82) is 0 Å². The van der Waals surface area contributed by atoms with Crippen molar-refractivity contribution in [2.24, 2.45) is 10.7 Å². The second-order valence-electron chi connectivity index (χ2n) is 6.29. The van der Waals surface area contributed by atoms with Gasteiger partial charge in [-0.05, 0) is 31.9 Å². The van der Waals surface area contributed by atoms with E-state index < -0.39 is 6.17 Å². The molecule has 1 amide bonds. The van der Waals surface area contributed by atoms with Crippen LogP contribution in [0.4, 0.5) is 5.69 Å². The van der Waals surface area contributed by atoms with Gasteiger partial charge in [-0.2, -0.15) is 0 Å². The molecule has 1 unspecified atom stereocenters. The monoisotopic (exact) mass is 335 g/mol. The Labute approximate surface area is 147 Å². The minimum absolute atomic E-state index is 0.0575. The maximum Gasteiger partial charge on any atom is 0.266 e. The van der Waals surface area contributed by atoms with E-state index in [2.05, 4.69) is 4.99 Å². The van der Waals surface area contributed by atoms with E-state index in [1.807, 2.05) is 57.2 Å². The number of fused-ring (bicyclic) bond motifs is 1. The molecule has 25 heavy (non-hydrogen) atoms. The summed E-state index contributed by atoms with van der Waals surface area (Å²) >= 11 is 0. The lowest BCUT2D eigenvalue weighted by Crippen LogP contribution is -2.45. The Kier molecular flexibility index (Phi) is 4.51. The number of benzodiazepines with no additional fused rings is 1. The number of carbonyl (C=O) groups is 2. The van der Waals surface area contributed by atoms with E-state index in [1.54, 1.807) is 6.07 Å². The van der Waals surface area contributed by atoms with E-state index in [1.165, 1.54) is 4.90 Å². The van der Waals surface area contributed by atoms with E-state index in [9.17, 15) is 9.59 Å². The van der Waals surface area contributed by atoms with Crippen LogP contribution >= 0.6 is 0 Å². The number of aliphatic imine (C=N–C) groups is 1. The number of Topliss-reactive ketones (excluding diaryl/α,β-unsaturated/α-hetero) is 1. The number of nitrogens with two attached hydrogens (primary N) is 1. The molecule has 0 spiro atoms. The van der Waals surface area contributed by atoms with Gasteiger partial charge in [-0.15, -0.1) is 0 Å². The minimum Gasteiger partial charge on any atom is -0.302 e. The zero-order valence-electron chi connectivity index (χ0n) is 14.6. The largest absolute Gasteiger partial charge is 0.302 e. The van der Waals surface area contributed by atoms with E-state index in [0.29, 0.717) is 17.0 Å². The number of nitrogens with zero attached hydrogens (tertiary/aromatic N) is 2. The average Bonchev–Trinajstić information content (AvgIpc) is 2.67. The van der Waals surface area contributed by atoms with Gasteiger partial charge in [-0.25, -0.2) is 0 Å². The van der Waals surface area contributed by atoms with Gasteiger partial charge in [-0.3, -0.25) is 14.6 Å². The second kappa shape index (κ2) is 6.61. The quantitative estimate of drug-likeness (QED) is 0.876. The molecule has 0 aliphatic carbocycles. The lowest BCUT2D eigenvalue weighted by Gasteiger charge is -2.25. The van der Waals surface area contributed by atoms with Crippen LogP contribution in [0, 0.1) is 13.8 Å². The standard InChI is InChI=1S/C20H21N3O2/c1-12-7-4-5-9-15(12)17(24)11-23-18-13(2)8-6-10-16(18)14(3)22-19(21)20(23)25/h4-10,19H,11,21H2,1-3H3. The lowest BCUT2D eigenvalue weighted by molar-refractivity contribution is -0.119. The first kappa shape index (κ1) is 17.0. The summed E-state index contributed by atoms with van der Waals surface area (Å²) in [5, 5.41) is 0. The molecule has 0 fully saturated rings. The molecule has 128 valence electrons. The summed E-state index contributed by atoms with van der Waals surface area (Å²) in [6.45, 7) is 5.58. The molecule has 5 heteroatoms. The van der Waals surface area contributed by atoms with Crippen molar-refractivity contribution in [3.63, 3.8) is 0 Å². The Morgan fingerprint density at radius 2 is 1.76 bits per heavy atom. The van der Waals surface area contributed by atoms with Crippen molar-refractivity contribution >= 4 is 23.1 Å². The van der Waals surface area contributed by atoms with Crippen LogP contribution in [0.25, 0.3) is 0 Å². The Bertz CT molecular complexity index is 886. The first-order chi connectivity index (χ1) is 11.9. The lowest BCUT2D eigenvalue weighted by atomic mass is 10.0. The summed E-state index contributed by atoms with van der Waals surface area (Å²) in [7, 11) is 0. The van der Waals surface area contributed by atoms with Gasteiger partial charge in [0.1, 0.15) is 0 Å². The molecule has 5 nitrogen and oxygen atoms in total. The number of benzene rings is 2. The highest BCUT2D eigenvalue weighted by molar-refractivity contribution is 6.15. The highest BCUT2D eigenvalue weighted by Crippen LogP contribution is 2.29. The van der Waals surface area contributed by atoms with Crippen molar-refractivity contribution < 1.29 is 9.59 Å². The van der Waals surface area contributed by atoms with Gasteiger partial charge in [0, 0.05) is 16.8 Å². The first-order valence-corrected chi connectivity index (χ1v) is 8.20. The molecular weight excluding hydrogens is 314 g/mol. The number of para-hydroxylation sites is 1. The summed E-state index contributed by atoms with van der Waals surface area (Å²) in [5.74, 6) is -0.484. The van der Waals surface area contributed by atoms with E-state index in [-0.39, 0.29) is 18.2 Å². The van der Waals surface area contributed by atoms with Crippen LogP contribution < -0.4 is 10.6 Å². The molecule has 0 bridgehead atoms. The number of hydrogen-bond acceptors (Lipinski definition) is 4. The second-order valence-corrected chi connectivity index (χ2v) is 6.29. The molecule has 2 aromatic rings. The summed E-state index contributed by atoms with van der Waals surface area (Å²) in [5.41, 5.74) is 10.6. The number of ketones is 1. The van der Waals surface area contributed by atoms with Crippen LogP contribution in [-0.4, -0.2) is 30.1 Å². The molecule has 2 N–H and O–H groups in total. The highest BCUT2D eigenvalue weighted by atomic mass is 16.2. The maximum absolute atomic E-state index is 12.8. The van der Waals surface area contributed by atoms with Gasteiger partial charge in [0.25, 0.3) is 5.91 Å². The predicted molar refractivity (Wildman–Crippen MR) is 99.2 cm³/mol. The van der Waals surface area contributed by atoms with Gasteiger partial charge in [0.15, 0.2) is 11.9 Å². The third kappa shape index (κ3) is 3.10. The van der Waals surface area contributed by atoms with Gasteiger partial charge >= 0.3 is 0 Å². The third-order valence-corrected chi connectivity index (χ3v) is 4.50. The summed E-state index contributed by atoms with van der Waals surface area (Å²) < 4.78 is 0. The van der Waals surface area contributed by atoms with Gasteiger partial charge in [-0.1, -0.05) is 42.5 Å². The predicted octanol–water partition coefficient (Wildman–Crippen LogP) is 2.63. The average molecular weight is 335 g/mol. The molecule has 0 radical (unpaired) electrons. The fourth-order valence-electron chi connectivity index (χ4n) is 3.18. The SMILES string of the molecule is CC1=NC(N)C(=O)N(CC(=O)c2ccccc2C)c2c(C)cccc21.